The summed E-state index contributed by atoms with van der Waals surface area (Å²) in [6.45, 7) is 10.8. The summed E-state index contributed by atoms with van der Waals surface area (Å²) in [6, 6.07) is 1.20. The molecule has 0 saturated carbocycles. The van der Waals surface area contributed by atoms with Crippen LogP contribution in [0.1, 0.15) is 285 Å². The molecule has 0 bridgehead atoms. The van der Waals surface area contributed by atoms with Crippen molar-refractivity contribution in [3.8, 4) is 0 Å². The number of hydrogen-bond donors (Lipinski definition) is 1. The first-order valence-corrected chi connectivity index (χ1v) is 26.2. The van der Waals surface area contributed by atoms with E-state index in [1.54, 1.807) is 0 Å². The van der Waals surface area contributed by atoms with Gasteiger partial charge in [-0.05, 0) is 96.3 Å². The number of esters is 2. The van der Waals surface area contributed by atoms with Gasteiger partial charge in [-0.2, -0.15) is 0 Å². The van der Waals surface area contributed by atoms with Crippen molar-refractivity contribution in [1.29, 1.82) is 0 Å². The summed E-state index contributed by atoms with van der Waals surface area (Å²) < 4.78 is 17.7. The third-order valence-electron chi connectivity index (χ3n) is 12.7. The zero-order chi connectivity index (χ0) is 42.0. The molecule has 0 spiro atoms. The number of ether oxygens (including phenoxy) is 3. The molecule has 1 fully saturated rings. The Morgan fingerprint density at radius 1 is 0.466 bits per heavy atom. The molecule has 1 N–H and O–H groups in total. The lowest BCUT2D eigenvalue weighted by Crippen LogP contribution is -2.39. The molecule has 1 rings (SSSR count). The Labute approximate surface area is 362 Å². The van der Waals surface area contributed by atoms with Crippen LogP contribution >= 0.6 is 0 Å². The molecule has 0 aliphatic carbocycles. The molecule has 6 heteroatoms. The molecule has 0 aromatic heterocycles. The Hall–Kier alpha value is -1.14. The van der Waals surface area contributed by atoms with E-state index in [1.165, 1.54) is 180 Å². The first-order valence-electron chi connectivity index (χ1n) is 26.2. The van der Waals surface area contributed by atoms with Gasteiger partial charge < -0.3 is 19.5 Å². The molecule has 1 saturated heterocycles. The van der Waals surface area contributed by atoms with E-state index < -0.39 is 0 Å². The molecule has 6 nitrogen and oxygen atoms in total. The van der Waals surface area contributed by atoms with E-state index in [0.29, 0.717) is 24.9 Å². The molecule has 1 aliphatic rings. The molecule has 0 radical (unpaired) electrons. The third kappa shape index (κ3) is 35.6. The fourth-order valence-electron chi connectivity index (χ4n) is 8.86. The zero-order valence-corrected chi connectivity index (χ0v) is 39.5. The van der Waals surface area contributed by atoms with Gasteiger partial charge in [-0.1, -0.05) is 175 Å². The van der Waals surface area contributed by atoms with Crippen LogP contribution in [0.15, 0.2) is 0 Å². The van der Waals surface area contributed by atoms with Crippen LogP contribution in [0.5, 0.6) is 0 Å². The van der Waals surface area contributed by atoms with Crippen molar-refractivity contribution in [3.63, 3.8) is 0 Å². The van der Waals surface area contributed by atoms with E-state index in [0.717, 1.165) is 77.4 Å². The maximum Gasteiger partial charge on any atom is 0.306 e. The van der Waals surface area contributed by atoms with Crippen molar-refractivity contribution >= 4 is 11.9 Å². The van der Waals surface area contributed by atoms with E-state index in [-0.39, 0.29) is 24.1 Å². The molecule has 1 aliphatic heterocycles. The lowest BCUT2D eigenvalue weighted by Gasteiger charge is -2.27. The van der Waals surface area contributed by atoms with Gasteiger partial charge in [-0.25, -0.2) is 0 Å². The number of hydrogen-bond acceptors (Lipinski definition) is 6. The van der Waals surface area contributed by atoms with Crippen LogP contribution in [-0.2, 0) is 23.8 Å². The largest absolute Gasteiger partial charge is 0.462 e. The zero-order valence-electron chi connectivity index (χ0n) is 39.5. The van der Waals surface area contributed by atoms with Gasteiger partial charge in [0.15, 0.2) is 0 Å². The molecule has 58 heavy (non-hydrogen) atoms. The molecule has 2 atom stereocenters. The van der Waals surface area contributed by atoms with Crippen molar-refractivity contribution in [3.05, 3.63) is 0 Å². The molecular weight excluding hydrogens is 719 g/mol. The second-order valence-corrected chi connectivity index (χ2v) is 18.4. The van der Waals surface area contributed by atoms with Gasteiger partial charge in [0.1, 0.15) is 12.2 Å². The minimum atomic E-state index is 0.0119. The van der Waals surface area contributed by atoms with E-state index in [4.69, 9.17) is 14.2 Å². The highest BCUT2D eigenvalue weighted by Crippen LogP contribution is 2.21. The molecule has 2 unspecified atom stereocenters. The Balaban J connectivity index is 2.34. The van der Waals surface area contributed by atoms with Crippen molar-refractivity contribution in [2.45, 2.75) is 309 Å². The summed E-state index contributed by atoms with van der Waals surface area (Å²) in [4.78, 5) is 25.4. The molecule has 0 amide bonds. The Bertz CT molecular complexity index is 858. The lowest BCUT2D eigenvalue weighted by molar-refractivity contribution is -0.150. The van der Waals surface area contributed by atoms with Gasteiger partial charge in [0.2, 0.25) is 0 Å². The highest BCUT2D eigenvalue weighted by Gasteiger charge is 2.18. The second-order valence-electron chi connectivity index (χ2n) is 18.4. The fourth-order valence-corrected chi connectivity index (χ4v) is 8.86. The van der Waals surface area contributed by atoms with Crippen molar-refractivity contribution < 1.29 is 23.8 Å². The molecule has 1 heterocycles. The highest BCUT2D eigenvalue weighted by molar-refractivity contribution is 5.69. The third-order valence-corrected chi connectivity index (χ3v) is 12.7. The normalized spacial score (nSPS) is 15.0. The maximum atomic E-state index is 12.9. The average Bonchev–Trinajstić information content (AvgIpc) is 3.21. The Kier molecular flexibility index (Phi) is 40.3. The highest BCUT2D eigenvalue weighted by atomic mass is 16.5. The summed E-state index contributed by atoms with van der Waals surface area (Å²) in [5, 5.41) is 4.10. The molecule has 0 aromatic rings. The van der Waals surface area contributed by atoms with Crippen molar-refractivity contribution in [1.82, 2.24) is 5.32 Å². The van der Waals surface area contributed by atoms with Crippen LogP contribution in [0.4, 0.5) is 0 Å². The monoisotopic (exact) mass is 820 g/mol. The first kappa shape index (κ1) is 54.9. The lowest BCUT2D eigenvalue weighted by atomic mass is 9.97. The van der Waals surface area contributed by atoms with Crippen LogP contribution in [0.25, 0.3) is 0 Å². The average molecular weight is 820 g/mol. The predicted octanol–water partition coefficient (Wildman–Crippen LogP) is 15.9. The van der Waals surface area contributed by atoms with E-state index in [1.807, 2.05) is 0 Å². The summed E-state index contributed by atoms with van der Waals surface area (Å²) in [7, 11) is 0. The van der Waals surface area contributed by atoms with Gasteiger partial charge in [-0.15, -0.1) is 0 Å². The number of carbonyl (C=O) groups is 2. The van der Waals surface area contributed by atoms with Gasteiger partial charge in [0.25, 0.3) is 0 Å². The van der Waals surface area contributed by atoms with Crippen LogP contribution in [0, 0.1) is 0 Å². The van der Waals surface area contributed by atoms with Gasteiger partial charge in [0, 0.05) is 38.1 Å². The summed E-state index contributed by atoms with van der Waals surface area (Å²) in [5.41, 5.74) is 0. The van der Waals surface area contributed by atoms with Crippen LogP contribution in [0.3, 0.4) is 0 Å². The summed E-state index contributed by atoms with van der Waals surface area (Å²) >= 11 is 0. The predicted molar refractivity (Wildman–Crippen MR) is 249 cm³/mol. The molecular formula is C52H101NO5. The standard InChI is InChI=1S/C52H101NO5/c1-5-9-12-15-22-29-40-49(8-4)57-51(54)43-32-25-18-20-27-36-47(53-48-38-34-45-56-46-35-39-48)37-28-21-19-26-33-44-52(55)58-50(41-30-23-16-13-10-6-2)42-31-24-17-14-11-7-3/h47-50,53H,5-46H2,1-4H3. The molecule has 0 aromatic carbocycles. The smallest absolute Gasteiger partial charge is 0.306 e. The quantitative estimate of drug-likeness (QED) is 0.0488. The maximum absolute atomic E-state index is 12.9. The summed E-state index contributed by atoms with van der Waals surface area (Å²) in [6.07, 6.45) is 47.5. The SMILES string of the molecule is CCCCCCCCC(CC)OC(=O)CCCCCCCC(CCCCCCCC(=O)OC(CCCCCCCC)CCCCCCCC)NC1CCCOCCC1. The van der Waals surface area contributed by atoms with E-state index in [2.05, 4.69) is 33.0 Å². The second kappa shape index (κ2) is 42.5. The number of carbonyl (C=O) groups excluding carboxylic acids is 2. The van der Waals surface area contributed by atoms with Gasteiger partial charge in [-0.3, -0.25) is 9.59 Å². The van der Waals surface area contributed by atoms with Crippen LogP contribution < -0.4 is 5.32 Å². The summed E-state index contributed by atoms with van der Waals surface area (Å²) in [5.74, 6) is 0.0533. The van der Waals surface area contributed by atoms with Crippen molar-refractivity contribution in [2.75, 3.05) is 13.2 Å². The van der Waals surface area contributed by atoms with Gasteiger partial charge >= 0.3 is 11.9 Å². The van der Waals surface area contributed by atoms with E-state index in [9.17, 15) is 9.59 Å². The Morgan fingerprint density at radius 3 is 1.22 bits per heavy atom. The Morgan fingerprint density at radius 2 is 0.810 bits per heavy atom. The fraction of sp³-hybridized carbons (Fsp3) is 0.962. The van der Waals surface area contributed by atoms with Crippen molar-refractivity contribution in [2.24, 2.45) is 0 Å². The number of nitrogens with one attached hydrogen (secondary N) is 1. The van der Waals surface area contributed by atoms with Crippen LogP contribution in [0.2, 0.25) is 0 Å². The van der Waals surface area contributed by atoms with Gasteiger partial charge in [0.05, 0.1) is 0 Å². The van der Waals surface area contributed by atoms with Crippen LogP contribution in [-0.4, -0.2) is 49.4 Å². The van der Waals surface area contributed by atoms with E-state index >= 15 is 0 Å². The number of unbranched alkanes of at least 4 members (excludes halogenated alkanes) is 23. The minimum Gasteiger partial charge on any atom is -0.462 e. The molecule has 344 valence electrons. The number of rotatable bonds is 42. The first-order chi connectivity index (χ1) is 28.5. The minimum absolute atomic E-state index is 0.0119. The topological polar surface area (TPSA) is 73.9 Å².